The Hall–Kier alpha value is -1.59. The van der Waals surface area contributed by atoms with Crippen LogP contribution < -0.4 is 11.1 Å². The van der Waals surface area contributed by atoms with Crippen molar-refractivity contribution in [1.82, 2.24) is 9.97 Å². The molecule has 0 unspecified atom stereocenters. The molecule has 4 nitrogen and oxygen atoms in total. The number of nitrogens with zero attached hydrogens (tertiary/aromatic N) is 2. The van der Waals surface area contributed by atoms with Gasteiger partial charge >= 0.3 is 0 Å². The fraction of sp³-hybridized carbons (Fsp3) is 0. The van der Waals surface area contributed by atoms with E-state index in [0.717, 1.165) is 0 Å². The summed E-state index contributed by atoms with van der Waals surface area (Å²) in [6.45, 7) is 0. The van der Waals surface area contributed by atoms with E-state index in [4.69, 9.17) is 28.9 Å². The van der Waals surface area contributed by atoms with Crippen LogP contribution in [0.4, 0.5) is 21.6 Å². The van der Waals surface area contributed by atoms with Crippen LogP contribution in [0.5, 0.6) is 0 Å². The summed E-state index contributed by atoms with van der Waals surface area (Å²) in [7, 11) is 0. The molecule has 1 aromatic carbocycles. The van der Waals surface area contributed by atoms with Crippen LogP contribution in [0.25, 0.3) is 0 Å². The molecule has 0 saturated heterocycles. The molecule has 0 radical (unpaired) electrons. The predicted molar refractivity (Wildman–Crippen MR) is 66.1 cm³/mol. The highest BCUT2D eigenvalue weighted by Gasteiger charge is 2.07. The van der Waals surface area contributed by atoms with E-state index in [2.05, 4.69) is 15.3 Å². The van der Waals surface area contributed by atoms with Gasteiger partial charge in [0.15, 0.2) is 5.82 Å². The molecule has 2 rings (SSSR count). The summed E-state index contributed by atoms with van der Waals surface area (Å²) in [4.78, 5) is 7.58. The number of rotatable bonds is 2. The molecule has 1 aromatic heterocycles. The van der Waals surface area contributed by atoms with E-state index in [1.54, 1.807) is 0 Å². The van der Waals surface area contributed by atoms with E-state index in [0.29, 0.717) is 10.7 Å². The lowest BCUT2D eigenvalue weighted by atomic mass is 10.3. The van der Waals surface area contributed by atoms with E-state index in [1.165, 1.54) is 24.4 Å². The number of hydrogen-bond acceptors (Lipinski definition) is 4. The third-order valence-corrected chi connectivity index (χ3v) is 2.48. The summed E-state index contributed by atoms with van der Waals surface area (Å²) in [6.07, 6.45) is 1.35. The third kappa shape index (κ3) is 2.75. The standard InChI is InChI=1S/C10H7Cl2FN4/c11-6-2-1-5(13)3-8(6)16-9-7(14)4-15-10(12)17-9/h1-4H,14H2,(H,15,16,17). The summed E-state index contributed by atoms with van der Waals surface area (Å²) < 4.78 is 13.0. The van der Waals surface area contributed by atoms with Gasteiger partial charge in [-0.2, -0.15) is 4.98 Å². The maximum absolute atomic E-state index is 13.0. The molecule has 0 saturated carbocycles. The zero-order valence-electron chi connectivity index (χ0n) is 8.42. The van der Waals surface area contributed by atoms with Crippen LogP contribution in [0.1, 0.15) is 0 Å². The molecule has 0 amide bonds. The van der Waals surface area contributed by atoms with E-state index in [1.807, 2.05) is 0 Å². The Morgan fingerprint density at radius 1 is 1.29 bits per heavy atom. The first-order chi connectivity index (χ1) is 8.06. The number of benzene rings is 1. The van der Waals surface area contributed by atoms with Gasteiger partial charge in [0.2, 0.25) is 5.28 Å². The average Bonchev–Trinajstić information content (AvgIpc) is 2.28. The number of nitrogens with one attached hydrogen (secondary N) is 1. The molecule has 1 heterocycles. The minimum atomic E-state index is -0.421. The lowest BCUT2D eigenvalue weighted by Crippen LogP contribution is -2.01. The van der Waals surface area contributed by atoms with Gasteiger partial charge in [-0.3, -0.25) is 0 Å². The molecule has 0 atom stereocenters. The highest BCUT2D eigenvalue weighted by atomic mass is 35.5. The fourth-order valence-corrected chi connectivity index (χ4v) is 1.49. The number of anilines is 3. The van der Waals surface area contributed by atoms with Crippen LogP contribution in [0.2, 0.25) is 10.3 Å². The number of nitrogen functional groups attached to an aromatic ring is 1. The maximum atomic E-state index is 13.0. The first-order valence-corrected chi connectivity index (χ1v) is 5.32. The molecular weight excluding hydrogens is 266 g/mol. The summed E-state index contributed by atoms with van der Waals surface area (Å²) in [5.74, 6) is -0.145. The van der Waals surface area contributed by atoms with Crippen LogP contribution in [-0.2, 0) is 0 Å². The number of nitrogens with two attached hydrogens (primary N) is 1. The Morgan fingerprint density at radius 2 is 2.06 bits per heavy atom. The zero-order valence-corrected chi connectivity index (χ0v) is 9.93. The summed E-state index contributed by atoms with van der Waals surface area (Å²) in [6, 6.07) is 3.92. The summed E-state index contributed by atoms with van der Waals surface area (Å²) >= 11 is 11.5. The summed E-state index contributed by atoms with van der Waals surface area (Å²) in [5.41, 5.74) is 6.28. The van der Waals surface area contributed by atoms with Gasteiger partial charge in [-0.05, 0) is 29.8 Å². The topological polar surface area (TPSA) is 63.8 Å². The quantitative estimate of drug-likeness (QED) is 0.824. The van der Waals surface area contributed by atoms with Gasteiger partial charge in [-0.15, -0.1) is 0 Å². The van der Waals surface area contributed by atoms with Gasteiger partial charge in [0.25, 0.3) is 0 Å². The molecule has 0 aliphatic carbocycles. The predicted octanol–water partition coefficient (Wildman–Crippen LogP) is 3.25. The summed E-state index contributed by atoms with van der Waals surface area (Å²) in [5, 5.41) is 3.17. The van der Waals surface area contributed by atoms with Crippen molar-refractivity contribution in [3.63, 3.8) is 0 Å². The Kier molecular flexibility index (Phi) is 3.31. The lowest BCUT2D eigenvalue weighted by molar-refractivity contribution is 0.628. The van der Waals surface area contributed by atoms with E-state index in [9.17, 15) is 4.39 Å². The number of hydrogen-bond donors (Lipinski definition) is 2. The van der Waals surface area contributed by atoms with Crippen LogP contribution in [0, 0.1) is 5.82 Å². The van der Waals surface area contributed by atoms with Crippen LogP contribution in [-0.4, -0.2) is 9.97 Å². The van der Waals surface area contributed by atoms with Gasteiger partial charge < -0.3 is 11.1 Å². The number of aromatic nitrogens is 2. The molecule has 0 aliphatic heterocycles. The average molecular weight is 273 g/mol. The second kappa shape index (κ2) is 4.73. The monoisotopic (exact) mass is 272 g/mol. The molecule has 0 aliphatic rings. The van der Waals surface area contributed by atoms with Crippen molar-refractivity contribution in [2.45, 2.75) is 0 Å². The van der Waals surface area contributed by atoms with Crippen LogP contribution >= 0.6 is 23.2 Å². The first-order valence-electron chi connectivity index (χ1n) is 4.56. The number of halogens is 3. The lowest BCUT2D eigenvalue weighted by Gasteiger charge is -2.09. The molecular formula is C10H7Cl2FN4. The molecule has 2 aromatic rings. The molecule has 17 heavy (non-hydrogen) atoms. The largest absolute Gasteiger partial charge is 0.394 e. The van der Waals surface area contributed by atoms with Crippen molar-refractivity contribution < 1.29 is 4.39 Å². The van der Waals surface area contributed by atoms with Crippen LogP contribution in [0.3, 0.4) is 0 Å². The zero-order chi connectivity index (χ0) is 12.4. The Bertz CT molecular complexity index is 512. The molecule has 0 bridgehead atoms. The third-order valence-electron chi connectivity index (χ3n) is 1.97. The van der Waals surface area contributed by atoms with Crippen molar-refractivity contribution in [3.8, 4) is 0 Å². The van der Waals surface area contributed by atoms with Crippen LogP contribution in [0.15, 0.2) is 24.4 Å². The Morgan fingerprint density at radius 3 is 2.82 bits per heavy atom. The van der Waals surface area contributed by atoms with E-state index < -0.39 is 5.82 Å². The van der Waals surface area contributed by atoms with Crippen molar-refractivity contribution in [1.29, 1.82) is 0 Å². The first kappa shape index (κ1) is 11.9. The Balaban J connectivity index is 2.37. The van der Waals surface area contributed by atoms with E-state index >= 15 is 0 Å². The van der Waals surface area contributed by atoms with Crippen molar-refractivity contribution >= 4 is 40.4 Å². The smallest absolute Gasteiger partial charge is 0.224 e. The van der Waals surface area contributed by atoms with Crippen molar-refractivity contribution in [3.05, 3.63) is 40.5 Å². The van der Waals surface area contributed by atoms with Gasteiger partial charge in [-0.25, -0.2) is 9.37 Å². The molecule has 7 heteroatoms. The maximum Gasteiger partial charge on any atom is 0.224 e. The normalized spacial score (nSPS) is 10.3. The second-order valence-corrected chi connectivity index (χ2v) is 3.94. The van der Waals surface area contributed by atoms with Crippen molar-refractivity contribution in [2.75, 3.05) is 11.1 Å². The van der Waals surface area contributed by atoms with Gasteiger partial charge in [0, 0.05) is 0 Å². The fourth-order valence-electron chi connectivity index (χ4n) is 1.19. The Labute approximate surface area is 107 Å². The highest BCUT2D eigenvalue weighted by molar-refractivity contribution is 6.33. The highest BCUT2D eigenvalue weighted by Crippen LogP contribution is 2.27. The van der Waals surface area contributed by atoms with E-state index in [-0.39, 0.29) is 16.8 Å². The van der Waals surface area contributed by atoms with Gasteiger partial charge in [0.05, 0.1) is 22.6 Å². The van der Waals surface area contributed by atoms with Crippen molar-refractivity contribution in [2.24, 2.45) is 0 Å². The molecule has 3 N–H and O–H groups in total. The SMILES string of the molecule is Nc1cnc(Cl)nc1Nc1cc(F)ccc1Cl. The van der Waals surface area contributed by atoms with Gasteiger partial charge in [0.1, 0.15) is 5.82 Å². The molecule has 0 fully saturated rings. The molecule has 0 spiro atoms. The minimum absolute atomic E-state index is 0.0363. The molecule has 88 valence electrons. The minimum Gasteiger partial charge on any atom is -0.394 e. The second-order valence-electron chi connectivity index (χ2n) is 3.19. The van der Waals surface area contributed by atoms with Gasteiger partial charge in [-0.1, -0.05) is 11.6 Å².